The molecular formula is C6H12N2O. The molecule has 0 spiro atoms. The molecule has 9 heavy (non-hydrogen) atoms. The van der Waals surface area contributed by atoms with E-state index in [0.29, 0.717) is 5.84 Å². The summed E-state index contributed by atoms with van der Waals surface area (Å²) >= 11 is 0. The average molecular weight is 128 g/mol. The lowest BCUT2D eigenvalue weighted by Gasteiger charge is -1.99. The zero-order chi connectivity index (χ0) is 7.28. The summed E-state index contributed by atoms with van der Waals surface area (Å²) in [5.74, 6) is 0.708. The fourth-order valence-electron chi connectivity index (χ4n) is 0.204. The van der Waals surface area contributed by atoms with E-state index >= 15 is 0 Å². The molecule has 3 nitrogen and oxygen atoms in total. The summed E-state index contributed by atoms with van der Waals surface area (Å²) in [6.45, 7) is 7.18. The monoisotopic (exact) mass is 128 g/mol. The zero-order valence-corrected chi connectivity index (χ0v) is 5.79. The van der Waals surface area contributed by atoms with Crippen LogP contribution in [-0.2, 0) is 4.84 Å². The number of oxime groups is 1. The van der Waals surface area contributed by atoms with Crippen molar-refractivity contribution in [3.63, 3.8) is 0 Å². The van der Waals surface area contributed by atoms with Crippen LogP contribution < -0.4 is 5.73 Å². The van der Waals surface area contributed by atoms with E-state index < -0.39 is 0 Å². The first-order valence-corrected chi connectivity index (χ1v) is 2.78. The van der Waals surface area contributed by atoms with Gasteiger partial charge in [0.2, 0.25) is 0 Å². The van der Waals surface area contributed by atoms with Crippen LogP contribution >= 0.6 is 0 Å². The Hall–Kier alpha value is -0.990. The van der Waals surface area contributed by atoms with Gasteiger partial charge in [-0.25, -0.2) is 0 Å². The third-order valence-electron chi connectivity index (χ3n) is 0.824. The van der Waals surface area contributed by atoms with Gasteiger partial charge >= 0.3 is 0 Å². The summed E-state index contributed by atoms with van der Waals surface area (Å²) in [6, 6.07) is 0. The highest BCUT2D eigenvalue weighted by Crippen LogP contribution is 1.91. The molecule has 0 aromatic carbocycles. The van der Waals surface area contributed by atoms with E-state index in [1.807, 2.05) is 13.8 Å². The molecule has 3 heteroatoms. The Morgan fingerprint density at radius 1 is 1.78 bits per heavy atom. The first-order chi connectivity index (χ1) is 4.18. The number of hydrogen-bond donors (Lipinski definition) is 1. The minimum atomic E-state index is 0.227. The number of nitrogens with zero attached hydrogens (tertiary/aromatic N) is 1. The molecule has 0 amide bonds. The van der Waals surface area contributed by atoms with Crippen molar-refractivity contribution in [1.29, 1.82) is 0 Å². The largest absolute Gasteiger partial charge is 0.384 e. The molecule has 0 saturated heterocycles. The first-order valence-electron chi connectivity index (χ1n) is 2.78. The van der Waals surface area contributed by atoms with Crippen LogP contribution in [0.15, 0.2) is 18.0 Å². The van der Waals surface area contributed by atoms with Gasteiger partial charge in [0.25, 0.3) is 0 Å². The van der Waals surface area contributed by atoms with Gasteiger partial charge in [0.05, 0.1) is 0 Å². The van der Waals surface area contributed by atoms with E-state index in [4.69, 9.17) is 5.73 Å². The van der Waals surface area contributed by atoms with Crippen LogP contribution in [-0.4, -0.2) is 5.84 Å². The Bertz CT molecular complexity index is 118. The Balaban J connectivity index is 3.68. The lowest BCUT2D eigenvalue weighted by molar-refractivity contribution is 0.266. The highest BCUT2D eigenvalue weighted by Gasteiger charge is 1.96. The quantitative estimate of drug-likeness (QED) is 0.267. The summed E-state index contributed by atoms with van der Waals surface area (Å²) in [5.41, 5.74) is 5.38. The van der Waals surface area contributed by atoms with Crippen LogP contribution in [0.1, 0.15) is 13.8 Å². The zero-order valence-electron chi connectivity index (χ0n) is 5.79. The van der Waals surface area contributed by atoms with E-state index in [1.54, 1.807) is 0 Å². The van der Waals surface area contributed by atoms with Crippen molar-refractivity contribution in [2.75, 3.05) is 0 Å². The van der Waals surface area contributed by atoms with Crippen molar-refractivity contribution >= 4 is 5.84 Å². The lowest BCUT2D eigenvalue weighted by Crippen LogP contribution is -2.18. The van der Waals surface area contributed by atoms with Crippen LogP contribution in [0.5, 0.6) is 0 Å². The molecule has 0 unspecified atom stereocenters. The summed E-state index contributed by atoms with van der Waals surface area (Å²) < 4.78 is 0. The summed E-state index contributed by atoms with van der Waals surface area (Å²) in [4.78, 5) is 4.48. The molecule has 0 aromatic rings. The maximum absolute atomic E-state index is 5.38. The Kier molecular flexibility index (Phi) is 3.51. The molecule has 0 rings (SSSR count). The van der Waals surface area contributed by atoms with Crippen molar-refractivity contribution in [3.8, 4) is 0 Å². The fraction of sp³-hybridized carbons (Fsp3) is 0.500. The van der Waals surface area contributed by atoms with Gasteiger partial charge in [-0.1, -0.05) is 25.6 Å². The molecule has 0 aliphatic heterocycles. The molecule has 0 aliphatic rings. The molecule has 0 atom stereocenters. The molecule has 0 aromatic heterocycles. The number of hydrogen-bond acceptors (Lipinski definition) is 2. The normalized spacial score (nSPS) is 11.7. The molecule has 0 bridgehead atoms. The third-order valence-corrected chi connectivity index (χ3v) is 0.824. The highest BCUT2D eigenvalue weighted by atomic mass is 16.6. The molecule has 0 aliphatic carbocycles. The Labute approximate surface area is 55.2 Å². The fourth-order valence-corrected chi connectivity index (χ4v) is 0.204. The molecule has 2 N–H and O–H groups in total. The number of amidine groups is 1. The molecular weight excluding hydrogens is 116 g/mol. The third kappa shape index (κ3) is 3.58. The van der Waals surface area contributed by atoms with E-state index in [0.717, 1.165) is 0 Å². The van der Waals surface area contributed by atoms with Gasteiger partial charge in [-0.15, -0.1) is 0 Å². The van der Waals surface area contributed by atoms with Crippen molar-refractivity contribution in [1.82, 2.24) is 0 Å². The second-order valence-electron chi connectivity index (χ2n) is 1.94. The van der Waals surface area contributed by atoms with Crippen molar-refractivity contribution in [3.05, 3.63) is 12.8 Å². The van der Waals surface area contributed by atoms with Crippen molar-refractivity contribution in [2.24, 2.45) is 16.8 Å². The molecule has 0 radical (unpaired) electrons. The number of nitrogens with two attached hydrogens (primary N) is 1. The Morgan fingerprint density at radius 2 is 2.33 bits per heavy atom. The number of rotatable bonds is 3. The van der Waals surface area contributed by atoms with Gasteiger partial charge in [0.15, 0.2) is 0 Å². The minimum Gasteiger partial charge on any atom is -0.384 e. The average Bonchev–Trinajstić information content (AvgIpc) is 1.82. The maximum atomic E-state index is 5.38. The molecule has 52 valence electrons. The maximum Gasteiger partial charge on any atom is 0.142 e. The summed E-state index contributed by atoms with van der Waals surface area (Å²) in [5, 5.41) is 3.52. The van der Waals surface area contributed by atoms with E-state index in [9.17, 15) is 0 Å². The van der Waals surface area contributed by atoms with Crippen LogP contribution in [0.3, 0.4) is 0 Å². The van der Waals surface area contributed by atoms with Crippen molar-refractivity contribution < 1.29 is 4.84 Å². The lowest BCUT2D eigenvalue weighted by atomic mass is 10.2. The van der Waals surface area contributed by atoms with Crippen molar-refractivity contribution in [2.45, 2.75) is 13.8 Å². The van der Waals surface area contributed by atoms with E-state index in [1.165, 1.54) is 6.26 Å². The summed E-state index contributed by atoms with van der Waals surface area (Å²) in [6.07, 6.45) is 1.23. The first kappa shape index (κ1) is 8.01. The highest BCUT2D eigenvalue weighted by molar-refractivity contribution is 5.81. The van der Waals surface area contributed by atoms with Gasteiger partial charge in [0, 0.05) is 5.92 Å². The van der Waals surface area contributed by atoms with Crippen LogP contribution in [0.4, 0.5) is 0 Å². The van der Waals surface area contributed by atoms with Gasteiger partial charge in [-0.05, 0) is 0 Å². The molecule has 0 saturated carbocycles. The Morgan fingerprint density at radius 3 is 2.67 bits per heavy atom. The second-order valence-corrected chi connectivity index (χ2v) is 1.94. The van der Waals surface area contributed by atoms with Gasteiger partial charge in [-0.3, -0.25) is 0 Å². The van der Waals surface area contributed by atoms with Gasteiger partial charge in [0.1, 0.15) is 12.1 Å². The topological polar surface area (TPSA) is 47.6 Å². The standard InChI is InChI=1S/C6H12N2O/c1-4-9-8-6(7)5(2)3/h4-5H,1H2,2-3H3,(H2,7,8). The van der Waals surface area contributed by atoms with Crippen LogP contribution in [0.25, 0.3) is 0 Å². The minimum absolute atomic E-state index is 0.227. The predicted octanol–water partition coefficient (Wildman–Crippen LogP) is 1.07. The van der Waals surface area contributed by atoms with Gasteiger partial charge < -0.3 is 10.6 Å². The van der Waals surface area contributed by atoms with Crippen LogP contribution in [0.2, 0.25) is 0 Å². The summed E-state index contributed by atoms with van der Waals surface area (Å²) in [7, 11) is 0. The SMILES string of the molecule is C=CO/N=C(\N)C(C)C. The van der Waals surface area contributed by atoms with E-state index in [2.05, 4.69) is 16.6 Å². The van der Waals surface area contributed by atoms with Crippen LogP contribution in [0, 0.1) is 5.92 Å². The van der Waals surface area contributed by atoms with Gasteiger partial charge in [-0.2, -0.15) is 0 Å². The molecule has 0 fully saturated rings. The second kappa shape index (κ2) is 3.95. The molecule has 0 heterocycles. The van der Waals surface area contributed by atoms with E-state index in [-0.39, 0.29) is 5.92 Å². The smallest absolute Gasteiger partial charge is 0.142 e. The predicted molar refractivity (Wildman–Crippen MR) is 37.7 cm³/mol.